The Labute approximate surface area is 116 Å². The van der Waals surface area contributed by atoms with Crippen LogP contribution in [0.4, 0.5) is 4.39 Å². The molecule has 1 aliphatic rings. The fourth-order valence-electron chi connectivity index (χ4n) is 2.69. The van der Waals surface area contributed by atoms with E-state index in [1.165, 1.54) is 36.3 Å². The Bertz CT molecular complexity index is 754. The predicted octanol–water partition coefficient (Wildman–Crippen LogP) is 4.10. The molecule has 100 valence electrons. The molecule has 3 aromatic rings. The maximum atomic E-state index is 13.0. The largest absolute Gasteiger partial charge is 0.323 e. The van der Waals surface area contributed by atoms with Crippen molar-refractivity contribution in [3.8, 4) is 0 Å². The molecular weight excluding hydrogens is 251 g/mol. The normalized spacial score (nSPS) is 14.8. The van der Waals surface area contributed by atoms with Gasteiger partial charge in [0.05, 0.1) is 11.0 Å². The van der Waals surface area contributed by atoms with E-state index in [-0.39, 0.29) is 5.82 Å². The Morgan fingerprint density at radius 2 is 1.80 bits per heavy atom. The van der Waals surface area contributed by atoms with Crippen molar-refractivity contribution in [1.82, 2.24) is 9.55 Å². The number of nitrogens with zero attached hydrogens (tertiary/aromatic N) is 2. The summed E-state index contributed by atoms with van der Waals surface area (Å²) < 4.78 is 15.3. The van der Waals surface area contributed by atoms with Gasteiger partial charge >= 0.3 is 0 Å². The molecule has 0 amide bonds. The second kappa shape index (κ2) is 4.44. The minimum atomic E-state index is -0.188. The van der Waals surface area contributed by atoms with Gasteiger partial charge in [-0.1, -0.05) is 24.3 Å². The van der Waals surface area contributed by atoms with Crippen LogP contribution in [0, 0.1) is 5.82 Å². The molecule has 1 heterocycles. The van der Waals surface area contributed by atoms with Gasteiger partial charge in [-0.05, 0) is 42.7 Å². The number of aromatic nitrogens is 2. The molecule has 0 atom stereocenters. The molecule has 0 radical (unpaired) electrons. The van der Waals surface area contributed by atoms with E-state index in [0.29, 0.717) is 5.92 Å². The number of rotatable bonds is 3. The zero-order valence-electron chi connectivity index (χ0n) is 11.1. The number of hydrogen-bond donors (Lipinski definition) is 0. The Hall–Kier alpha value is -2.16. The highest BCUT2D eigenvalue weighted by molar-refractivity contribution is 5.76. The standard InChI is InChI=1S/C17H15FN2/c18-14-9-5-12(6-10-14)11-20-16-4-2-1-3-15(16)19-17(20)13-7-8-13/h1-6,9-10,13H,7-8,11H2. The molecule has 0 saturated heterocycles. The topological polar surface area (TPSA) is 17.8 Å². The summed E-state index contributed by atoms with van der Waals surface area (Å²) >= 11 is 0. The number of imidazole rings is 1. The van der Waals surface area contributed by atoms with Crippen LogP contribution >= 0.6 is 0 Å². The van der Waals surface area contributed by atoms with Gasteiger partial charge in [-0.3, -0.25) is 0 Å². The van der Waals surface area contributed by atoms with Gasteiger partial charge in [-0.2, -0.15) is 0 Å². The molecule has 0 N–H and O–H groups in total. The molecular formula is C17H15FN2. The van der Waals surface area contributed by atoms with Gasteiger partial charge in [-0.15, -0.1) is 0 Å². The monoisotopic (exact) mass is 266 g/mol. The van der Waals surface area contributed by atoms with Crippen LogP contribution in [0.1, 0.15) is 30.1 Å². The van der Waals surface area contributed by atoms with E-state index < -0.39 is 0 Å². The van der Waals surface area contributed by atoms with Gasteiger partial charge in [0.1, 0.15) is 11.6 Å². The van der Waals surface area contributed by atoms with E-state index in [1.807, 2.05) is 24.3 Å². The Kier molecular flexibility index (Phi) is 2.59. The van der Waals surface area contributed by atoms with Crippen LogP contribution in [0.2, 0.25) is 0 Å². The van der Waals surface area contributed by atoms with Gasteiger partial charge in [0, 0.05) is 12.5 Å². The fraction of sp³-hybridized carbons (Fsp3) is 0.235. The zero-order valence-corrected chi connectivity index (χ0v) is 11.1. The first kappa shape index (κ1) is 11.6. The molecule has 0 unspecified atom stereocenters. The van der Waals surface area contributed by atoms with Crippen molar-refractivity contribution in [3.63, 3.8) is 0 Å². The first-order chi connectivity index (χ1) is 9.81. The van der Waals surface area contributed by atoms with Crippen molar-refractivity contribution < 1.29 is 4.39 Å². The summed E-state index contributed by atoms with van der Waals surface area (Å²) in [5.74, 6) is 1.59. The van der Waals surface area contributed by atoms with E-state index >= 15 is 0 Å². The highest BCUT2D eigenvalue weighted by Gasteiger charge is 2.29. The van der Waals surface area contributed by atoms with Crippen LogP contribution in [-0.2, 0) is 6.54 Å². The van der Waals surface area contributed by atoms with E-state index in [4.69, 9.17) is 4.98 Å². The third-order valence-electron chi connectivity index (χ3n) is 3.88. The number of fused-ring (bicyclic) bond motifs is 1. The molecule has 0 aliphatic heterocycles. The van der Waals surface area contributed by atoms with E-state index in [0.717, 1.165) is 17.6 Å². The lowest BCUT2D eigenvalue weighted by atomic mass is 10.2. The summed E-state index contributed by atoms with van der Waals surface area (Å²) in [5, 5.41) is 0. The van der Waals surface area contributed by atoms with Crippen molar-refractivity contribution in [3.05, 3.63) is 65.7 Å². The van der Waals surface area contributed by atoms with Crippen molar-refractivity contribution in [1.29, 1.82) is 0 Å². The SMILES string of the molecule is Fc1ccc(Cn2c(C3CC3)nc3ccccc32)cc1. The molecule has 2 nitrogen and oxygen atoms in total. The van der Waals surface area contributed by atoms with Gasteiger partial charge in [-0.25, -0.2) is 9.37 Å². The molecule has 1 fully saturated rings. The third-order valence-corrected chi connectivity index (χ3v) is 3.88. The van der Waals surface area contributed by atoms with Crippen LogP contribution in [-0.4, -0.2) is 9.55 Å². The Morgan fingerprint density at radius 3 is 2.55 bits per heavy atom. The van der Waals surface area contributed by atoms with Gasteiger partial charge in [0.15, 0.2) is 0 Å². The highest BCUT2D eigenvalue weighted by Crippen LogP contribution is 2.40. The summed E-state index contributed by atoms with van der Waals surface area (Å²) in [6.45, 7) is 0.757. The van der Waals surface area contributed by atoms with Crippen molar-refractivity contribution >= 4 is 11.0 Å². The molecule has 1 aliphatic carbocycles. The summed E-state index contributed by atoms with van der Waals surface area (Å²) in [4.78, 5) is 4.78. The average molecular weight is 266 g/mol. The fourth-order valence-corrected chi connectivity index (χ4v) is 2.69. The van der Waals surface area contributed by atoms with Crippen LogP contribution in [0.25, 0.3) is 11.0 Å². The number of para-hydroxylation sites is 2. The summed E-state index contributed by atoms with van der Waals surface area (Å²) in [6, 6.07) is 15.0. The minimum Gasteiger partial charge on any atom is -0.323 e. The number of benzene rings is 2. The molecule has 0 bridgehead atoms. The average Bonchev–Trinajstić information content (AvgIpc) is 3.25. The molecule has 20 heavy (non-hydrogen) atoms. The number of hydrogen-bond acceptors (Lipinski definition) is 1. The van der Waals surface area contributed by atoms with Gasteiger partial charge < -0.3 is 4.57 Å². The summed E-state index contributed by atoms with van der Waals surface area (Å²) in [7, 11) is 0. The number of halogens is 1. The first-order valence-electron chi connectivity index (χ1n) is 7.01. The molecule has 3 heteroatoms. The third kappa shape index (κ3) is 1.99. The van der Waals surface area contributed by atoms with E-state index in [9.17, 15) is 4.39 Å². The summed E-state index contributed by atoms with van der Waals surface area (Å²) in [5.41, 5.74) is 3.33. The lowest BCUT2D eigenvalue weighted by Crippen LogP contribution is -2.04. The quantitative estimate of drug-likeness (QED) is 0.698. The van der Waals surface area contributed by atoms with Crippen molar-refractivity contribution in [2.45, 2.75) is 25.3 Å². The van der Waals surface area contributed by atoms with Crippen LogP contribution in [0.15, 0.2) is 48.5 Å². The van der Waals surface area contributed by atoms with E-state index in [2.05, 4.69) is 16.7 Å². The summed E-state index contributed by atoms with van der Waals surface area (Å²) in [6.07, 6.45) is 2.46. The second-order valence-electron chi connectivity index (χ2n) is 5.45. The molecule has 4 rings (SSSR count). The van der Waals surface area contributed by atoms with Crippen LogP contribution in [0.5, 0.6) is 0 Å². The van der Waals surface area contributed by atoms with Crippen molar-refractivity contribution in [2.75, 3.05) is 0 Å². The van der Waals surface area contributed by atoms with Crippen LogP contribution in [0.3, 0.4) is 0 Å². The molecule has 0 spiro atoms. The maximum Gasteiger partial charge on any atom is 0.123 e. The molecule has 2 aromatic carbocycles. The lowest BCUT2D eigenvalue weighted by molar-refractivity contribution is 0.626. The Balaban J connectivity index is 1.80. The zero-order chi connectivity index (χ0) is 13.5. The molecule has 1 saturated carbocycles. The maximum absolute atomic E-state index is 13.0. The Morgan fingerprint density at radius 1 is 1.05 bits per heavy atom. The predicted molar refractivity (Wildman–Crippen MR) is 77.2 cm³/mol. The van der Waals surface area contributed by atoms with E-state index in [1.54, 1.807) is 0 Å². The van der Waals surface area contributed by atoms with Gasteiger partial charge in [0.25, 0.3) is 0 Å². The lowest BCUT2D eigenvalue weighted by Gasteiger charge is -2.09. The smallest absolute Gasteiger partial charge is 0.123 e. The van der Waals surface area contributed by atoms with Crippen LogP contribution < -0.4 is 0 Å². The first-order valence-corrected chi connectivity index (χ1v) is 7.01. The minimum absolute atomic E-state index is 0.188. The highest BCUT2D eigenvalue weighted by atomic mass is 19.1. The molecule has 1 aromatic heterocycles. The van der Waals surface area contributed by atoms with Gasteiger partial charge in [0.2, 0.25) is 0 Å². The second-order valence-corrected chi connectivity index (χ2v) is 5.45. The van der Waals surface area contributed by atoms with Crippen molar-refractivity contribution in [2.24, 2.45) is 0 Å².